The number of ketones is 1. The summed E-state index contributed by atoms with van der Waals surface area (Å²) in [5.74, 6) is -4.93. The van der Waals surface area contributed by atoms with Crippen molar-refractivity contribution in [2.24, 2.45) is 11.8 Å². The Morgan fingerprint density at radius 3 is 2.03 bits per heavy atom. The summed E-state index contributed by atoms with van der Waals surface area (Å²) in [6, 6.07) is 0. The van der Waals surface area contributed by atoms with Gasteiger partial charge in [-0.05, 0) is 57.8 Å². The van der Waals surface area contributed by atoms with Crippen molar-refractivity contribution in [3.05, 3.63) is 0 Å². The van der Waals surface area contributed by atoms with Gasteiger partial charge in [0.25, 0.3) is 0 Å². The highest BCUT2D eigenvalue weighted by Gasteiger charge is 2.43. The van der Waals surface area contributed by atoms with Gasteiger partial charge >= 0.3 is 11.9 Å². The van der Waals surface area contributed by atoms with Crippen LogP contribution in [0.3, 0.4) is 0 Å². The Kier molecular flexibility index (Phi) is 15.1. The van der Waals surface area contributed by atoms with Gasteiger partial charge in [-0.25, -0.2) is 0 Å². The van der Waals surface area contributed by atoms with Crippen LogP contribution in [0, 0.1) is 11.8 Å². The number of rotatable bonds is 19. The van der Waals surface area contributed by atoms with Gasteiger partial charge in [-0.1, -0.05) is 58.3 Å². The standard InChI is InChI=1S/C27H48F2O5/c1-4-5-6-13-18-27(28,29)25(32)17-16-22-21(23(30)19-24(22)31)14-11-9-7-8-10-12-15-26(33)34-20(2)3/h20-24,30-31H,4-19H2,1-3H3/t21-,22-,23-,24-/m1/s1. The Labute approximate surface area is 205 Å². The third-order valence-corrected chi connectivity index (χ3v) is 7.01. The molecule has 1 rings (SSSR count). The van der Waals surface area contributed by atoms with Crippen molar-refractivity contribution >= 4 is 11.8 Å². The van der Waals surface area contributed by atoms with Gasteiger partial charge in [0.1, 0.15) is 0 Å². The van der Waals surface area contributed by atoms with E-state index in [1.54, 1.807) is 0 Å². The molecule has 200 valence electrons. The van der Waals surface area contributed by atoms with Crippen molar-refractivity contribution < 1.29 is 33.3 Å². The molecule has 0 radical (unpaired) electrons. The molecule has 0 aromatic rings. The van der Waals surface area contributed by atoms with Gasteiger partial charge in [-0.3, -0.25) is 9.59 Å². The second kappa shape index (κ2) is 16.6. The summed E-state index contributed by atoms with van der Waals surface area (Å²) >= 11 is 0. The van der Waals surface area contributed by atoms with Crippen LogP contribution in [0.5, 0.6) is 0 Å². The molecule has 0 saturated heterocycles. The van der Waals surface area contributed by atoms with E-state index in [1.807, 2.05) is 20.8 Å². The SMILES string of the molecule is CCCCCCC(F)(F)C(=O)CC[C@@H]1[C@@H](CCCCCCCCC(=O)OC(C)C)[C@H](O)C[C@H]1O. The molecule has 1 saturated carbocycles. The van der Waals surface area contributed by atoms with Crippen molar-refractivity contribution in [2.75, 3.05) is 0 Å². The first-order chi connectivity index (χ1) is 16.1. The van der Waals surface area contributed by atoms with Gasteiger partial charge in [-0.15, -0.1) is 0 Å². The molecule has 0 unspecified atom stereocenters. The molecular formula is C27H48F2O5. The highest BCUT2D eigenvalue weighted by molar-refractivity contribution is 5.85. The fraction of sp³-hybridized carbons (Fsp3) is 0.926. The summed E-state index contributed by atoms with van der Waals surface area (Å²) in [4.78, 5) is 23.7. The van der Waals surface area contributed by atoms with Crippen LogP contribution in [0.2, 0.25) is 0 Å². The van der Waals surface area contributed by atoms with E-state index < -0.39 is 30.3 Å². The van der Waals surface area contributed by atoms with Gasteiger partial charge in [0, 0.05) is 19.3 Å². The van der Waals surface area contributed by atoms with E-state index in [2.05, 4.69) is 0 Å². The van der Waals surface area contributed by atoms with E-state index in [4.69, 9.17) is 4.74 Å². The first-order valence-electron chi connectivity index (χ1n) is 13.5. The van der Waals surface area contributed by atoms with Crippen LogP contribution in [0.15, 0.2) is 0 Å². The van der Waals surface area contributed by atoms with Gasteiger partial charge in [0.2, 0.25) is 5.78 Å². The average molecular weight is 491 g/mol. The lowest BCUT2D eigenvalue weighted by molar-refractivity contribution is -0.147. The minimum absolute atomic E-state index is 0.0778. The Morgan fingerprint density at radius 2 is 1.41 bits per heavy atom. The smallest absolute Gasteiger partial charge is 0.306 e. The molecule has 34 heavy (non-hydrogen) atoms. The maximum Gasteiger partial charge on any atom is 0.306 e. The number of carbonyl (C=O) groups excluding carboxylic acids is 2. The Hall–Kier alpha value is -1.08. The van der Waals surface area contributed by atoms with Crippen LogP contribution in [0.25, 0.3) is 0 Å². The predicted octanol–water partition coefficient (Wildman–Crippen LogP) is 6.37. The average Bonchev–Trinajstić information content (AvgIpc) is 3.02. The maximum atomic E-state index is 14.2. The lowest BCUT2D eigenvalue weighted by Gasteiger charge is -2.24. The first kappa shape index (κ1) is 31.0. The normalized spacial score (nSPS) is 22.9. The summed E-state index contributed by atoms with van der Waals surface area (Å²) in [5.41, 5.74) is 0. The van der Waals surface area contributed by atoms with E-state index >= 15 is 0 Å². The van der Waals surface area contributed by atoms with Crippen LogP contribution in [0.4, 0.5) is 8.78 Å². The Balaban J connectivity index is 2.30. The lowest BCUT2D eigenvalue weighted by Crippen LogP contribution is -2.30. The number of aliphatic hydroxyl groups is 2. The zero-order valence-corrected chi connectivity index (χ0v) is 21.6. The molecule has 0 aliphatic heterocycles. The summed E-state index contributed by atoms with van der Waals surface area (Å²) < 4.78 is 33.5. The molecule has 0 amide bonds. The fourth-order valence-electron chi connectivity index (χ4n) is 5.05. The minimum Gasteiger partial charge on any atom is -0.463 e. The predicted molar refractivity (Wildman–Crippen MR) is 130 cm³/mol. The molecule has 0 heterocycles. The lowest BCUT2D eigenvalue weighted by atomic mass is 9.84. The molecule has 1 fully saturated rings. The molecular weight excluding hydrogens is 442 g/mol. The molecule has 1 aliphatic carbocycles. The molecule has 0 aromatic carbocycles. The van der Waals surface area contributed by atoms with Crippen LogP contribution in [0.1, 0.15) is 124 Å². The second-order valence-electron chi connectivity index (χ2n) is 10.4. The largest absolute Gasteiger partial charge is 0.463 e. The van der Waals surface area contributed by atoms with Gasteiger partial charge in [0.05, 0.1) is 18.3 Å². The molecule has 7 heteroatoms. The van der Waals surface area contributed by atoms with E-state index in [1.165, 1.54) is 0 Å². The van der Waals surface area contributed by atoms with E-state index in [9.17, 15) is 28.6 Å². The quantitative estimate of drug-likeness (QED) is 0.162. The highest BCUT2D eigenvalue weighted by atomic mass is 19.3. The van der Waals surface area contributed by atoms with Gasteiger partial charge in [-0.2, -0.15) is 8.78 Å². The third-order valence-electron chi connectivity index (χ3n) is 7.01. The molecule has 2 N–H and O–H groups in total. The van der Waals surface area contributed by atoms with Gasteiger partial charge in [0.15, 0.2) is 0 Å². The minimum atomic E-state index is -3.29. The number of esters is 1. The van der Waals surface area contributed by atoms with Crippen LogP contribution >= 0.6 is 0 Å². The summed E-state index contributed by atoms with van der Waals surface area (Å²) in [5, 5.41) is 20.7. The summed E-state index contributed by atoms with van der Waals surface area (Å²) in [6.07, 6.45) is 8.15. The third kappa shape index (κ3) is 12.1. The van der Waals surface area contributed by atoms with Crippen molar-refractivity contribution in [3.63, 3.8) is 0 Å². The van der Waals surface area contributed by atoms with Crippen molar-refractivity contribution in [1.82, 2.24) is 0 Å². The molecule has 0 bridgehead atoms. The number of ether oxygens (including phenoxy) is 1. The Bertz CT molecular complexity index is 581. The number of unbranched alkanes of at least 4 members (excludes halogenated alkanes) is 8. The Morgan fingerprint density at radius 1 is 0.853 bits per heavy atom. The highest BCUT2D eigenvalue weighted by Crippen LogP contribution is 2.39. The van der Waals surface area contributed by atoms with E-state index in [0.717, 1.165) is 57.8 Å². The molecule has 4 atom stereocenters. The van der Waals surface area contributed by atoms with Crippen LogP contribution < -0.4 is 0 Å². The van der Waals surface area contributed by atoms with Crippen molar-refractivity contribution in [1.29, 1.82) is 0 Å². The number of hydrogen-bond donors (Lipinski definition) is 2. The maximum absolute atomic E-state index is 14.2. The van der Waals surface area contributed by atoms with E-state index in [-0.39, 0.29) is 43.2 Å². The number of hydrogen-bond acceptors (Lipinski definition) is 5. The summed E-state index contributed by atoms with van der Waals surface area (Å²) in [7, 11) is 0. The van der Waals surface area contributed by atoms with Crippen LogP contribution in [-0.4, -0.2) is 46.2 Å². The number of alkyl halides is 2. The van der Waals surface area contributed by atoms with Crippen molar-refractivity contribution in [3.8, 4) is 0 Å². The number of aliphatic hydroxyl groups excluding tert-OH is 2. The first-order valence-corrected chi connectivity index (χ1v) is 13.5. The monoisotopic (exact) mass is 490 g/mol. The zero-order chi connectivity index (χ0) is 25.6. The number of halogens is 2. The zero-order valence-electron chi connectivity index (χ0n) is 21.6. The molecule has 0 aromatic heterocycles. The fourth-order valence-corrected chi connectivity index (χ4v) is 5.05. The molecule has 5 nitrogen and oxygen atoms in total. The second-order valence-corrected chi connectivity index (χ2v) is 10.4. The van der Waals surface area contributed by atoms with Crippen molar-refractivity contribution in [2.45, 2.75) is 148 Å². The van der Waals surface area contributed by atoms with E-state index in [0.29, 0.717) is 19.3 Å². The molecule has 1 aliphatic rings. The van der Waals surface area contributed by atoms with Gasteiger partial charge < -0.3 is 14.9 Å². The molecule has 0 spiro atoms. The van der Waals surface area contributed by atoms with Crippen LogP contribution in [-0.2, 0) is 14.3 Å². The number of carbonyl (C=O) groups is 2. The summed E-state index contributed by atoms with van der Waals surface area (Å²) in [6.45, 7) is 5.69. The number of Topliss-reactive ketones (excluding diaryl/α,β-unsaturated/α-hetero) is 1. The topological polar surface area (TPSA) is 83.8 Å².